The predicted molar refractivity (Wildman–Crippen MR) is 117 cm³/mol. The van der Waals surface area contributed by atoms with Crippen LogP contribution < -0.4 is 0 Å². The summed E-state index contributed by atoms with van der Waals surface area (Å²) in [5.74, 6) is 0.0508. The standard InChI is InChI=1S/C23H36N4O2/c1-23(2,3)29-22(28)27(14-8-6-7-13-26(4)5)16-19-20-15-17(11-12-24-20)21(19)25-18-9-10-18/h11-12,15,18-19H,6-10,13-14,16H2,1-5H3. The number of ether oxygens (including phenoxy) is 1. The van der Waals surface area contributed by atoms with Crippen LogP contribution >= 0.6 is 0 Å². The molecule has 1 amide bonds. The number of aliphatic imine (C=N–C) groups is 1. The first-order valence-corrected chi connectivity index (χ1v) is 10.9. The van der Waals surface area contributed by atoms with Crippen molar-refractivity contribution in [2.45, 2.75) is 70.4 Å². The van der Waals surface area contributed by atoms with Gasteiger partial charge in [0.05, 0.1) is 23.4 Å². The van der Waals surface area contributed by atoms with Crippen molar-refractivity contribution in [1.82, 2.24) is 14.8 Å². The molecule has 2 aliphatic rings. The van der Waals surface area contributed by atoms with Crippen LogP contribution in [-0.2, 0) is 4.74 Å². The van der Waals surface area contributed by atoms with Crippen LogP contribution in [0.5, 0.6) is 0 Å². The number of fused-ring (bicyclic) bond motifs is 2. The Bertz CT molecular complexity index is 735. The van der Waals surface area contributed by atoms with E-state index >= 15 is 0 Å². The molecule has 1 heterocycles. The molecule has 0 aliphatic heterocycles. The molecule has 1 saturated carbocycles. The lowest BCUT2D eigenvalue weighted by molar-refractivity contribution is 0.0244. The van der Waals surface area contributed by atoms with Gasteiger partial charge in [-0.05, 0) is 84.8 Å². The summed E-state index contributed by atoms with van der Waals surface area (Å²) in [6.07, 6.45) is 7.15. The molecular weight excluding hydrogens is 364 g/mol. The van der Waals surface area contributed by atoms with Crippen molar-refractivity contribution in [1.29, 1.82) is 0 Å². The quantitative estimate of drug-likeness (QED) is 0.586. The van der Waals surface area contributed by atoms with E-state index in [-0.39, 0.29) is 12.0 Å². The van der Waals surface area contributed by atoms with Crippen molar-refractivity contribution in [3.05, 3.63) is 29.6 Å². The van der Waals surface area contributed by atoms with Gasteiger partial charge >= 0.3 is 6.09 Å². The van der Waals surface area contributed by atoms with E-state index in [9.17, 15) is 4.79 Å². The Kier molecular flexibility index (Phi) is 6.93. The number of carbonyl (C=O) groups excluding carboxylic acids is 1. The predicted octanol–water partition coefficient (Wildman–Crippen LogP) is 4.10. The van der Waals surface area contributed by atoms with Crippen LogP contribution in [0.2, 0.25) is 0 Å². The summed E-state index contributed by atoms with van der Waals surface area (Å²) in [5, 5.41) is 0. The third-order valence-electron chi connectivity index (χ3n) is 5.22. The maximum Gasteiger partial charge on any atom is 0.410 e. The molecule has 2 aliphatic carbocycles. The van der Waals surface area contributed by atoms with Gasteiger partial charge in [0.25, 0.3) is 0 Å². The molecule has 3 rings (SSSR count). The minimum atomic E-state index is -0.503. The first-order chi connectivity index (χ1) is 13.7. The number of amides is 1. The zero-order valence-electron chi connectivity index (χ0n) is 18.6. The number of nitrogens with zero attached hydrogens (tertiary/aromatic N) is 4. The van der Waals surface area contributed by atoms with Crippen LogP contribution in [0.3, 0.4) is 0 Å². The smallest absolute Gasteiger partial charge is 0.410 e. The largest absolute Gasteiger partial charge is 0.444 e. The van der Waals surface area contributed by atoms with Gasteiger partial charge in [-0.1, -0.05) is 6.42 Å². The summed E-state index contributed by atoms with van der Waals surface area (Å²) in [6.45, 7) is 8.10. The van der Waals surface area contributed by atoms with E-state index in [1.165, 1.54) is 12.8 Å². The first-order valence-electron chi connectivity index (χ1n) is 10.9. The molecular formula is C23H36N4O2. The lowest BCUT2D eigenvalue weighted by Crippen LogP contribution is -2.40. The number of pyridine rings is 1. The van der Waals surface area contributed by atoms with E-state index in [0.29, 0.717) is 19.1 Å². The maximum atomic E-state index is 12.9. The van der Waals surface area contributed by atoms with Gasteiger partial charge in [-0.3, -0.25) is 9.98 Å². The molecule has 0 N–H and O–H groups in total. The van der Waals surface area contributed by atoms with E-state index in [1.807, 2.05) is 37.9 Å². The van der Waals surface area contributed by atoms with Crippen LogP contribution in [0.25, 0.3) is 0 Å². The Morgan fingerprint density at radius 2 is 1.93 bits per heavy atom. The monoisotopic (exact) mass is 400 g/mol. The number of hydrogen-bond donors (Lipinski definition) is 0. The van der Waals surface area contributed by atoms with Gasteiger partial charge in [-0.25, -0.2) is 4.79 Å². The summed E-state index contributed by atoms with van der Waals surface area (Å²) >= 11 is 0. The normalized spacial score (nSPS) is 19.8. The average molecular weight is 401 g/mol. The molecule has 1 atom stereocenters. The summed E-state index contributed by atoms with van der Waals surface area (Å²) in [4.78, 5) is 26.5. The van der Waals surface area contributed by atoms with Gasteiger partial charge in [0, 0.05) is 19.3 Å². The van der Waals surface area contributed by atoms with Crippen molar-refractivity contribution in [3.63, 3.8) is 0 Å². The third-order valence-corrected chi connectivity index (χ3v) is 5.22. The summed E-state index contributed by atoms with van der Waals surface area (Å²) in [6, 6.07) is 4.60. The topological polar surface area (TPSA) is 58.0 Å². The van der Waals surface area contributed by atoms with Crippen molar-refractivity contribution < 1.29 is 9.53 Å². The van der Waals surface area contributed by atoms with Crippen molar-refractivity contribution >= 4 is 11.8 Å². The molecule has 1 fully saturated rings. The minimum Gasteiger partial charge on any atom is -0.444 e. The molecule has 1 unspecified atom stereocenters. The van der Waals surface area contributed by atoms with Gasteiger partial charge in [0.2, 0.25) is 0 Å². The fourth-order valence-electron chi connectivity index (χ4n) is 3.60. The second-order valence-electron chi connectivity index (χ2n) is 9.56. The van der Waals surface area contributed by atoms with Gasteiger partial charge in [0.15, 0.2) is 0 Å². The Morgan fingerprint density at radius 1 is 1.21 bits per heavy atom. The van der Waals surface area contributed by atoms with E-state index in [4.69, 9.17) is 9.73 Å². The highest BCUT2D eigenvalue weighted by Gasteiger charge is 2.34. The van der Waals surface area contributed by atoms with Crippen molar-refractivity contribution in [2.75, 3.05) is 33.7 Å². The number of aromatic nitrogens is 1. The SMILES string of the molecule is CN(C)CCCCCN(CC1C(=NC2CC2)c2ccnc1c2)C(=O)OC(C)(C)C. The molecule has 29 heavy (non-hydrogen) atoms. The van der Waals surface area contributed by atoms with Crippen LogP contribution in [0.4, 0.5) is 4.79 Å². The van der Waals surface area contributed by atoms with Crippen LogP contribution in [0.15, 0.2) is 23.3 Å². The first kappa shape index (κ1) is 21.8. The second kappa shape index (κ2) is 9.24. The molecule has 6 nitrogen and oxygen atoms in total. The van der Waals surface area contributed by atoms with E-state index < -0.39 is 5.60 Å². The molecule has 1 aromatic rings. The molecule has 2 bridgehead atoms. The fraction of sp³-hybridized carbons (Fsp3) is 0.696. The molecule has 0 saturated heterocycles. The Morgan fingerprint density at radius 3 is 2.59 bits per heavy atom. The molecule has 0 radical (unpaired) electrons. The van der Waals surface area contributed by atoms with E-state index in [1.54, 1.807) is 0 Å². The zero-order chi connectivity index (χ0) is 21.0. The number of unbranched alkanes of at least 4 members (excludes halogenated alkanes) is 2. The Balaban J connectivity index is 1.68. The molecule has 1 aromatic heterocycles. The van der Waals surface area contributed by atoms with Crippen molar-refractivity contribution in [2.24, 2.45) is 4.99 Å². The van der Waals surface area contributed by atoms with Crippen molar-refractivity contribution in [3.8, 4) is 0 Å². The molecule has 160 valence electrons. The molecule has 0 aromatic carbocycles. The highest BCUT2D eigenvalue weighted by Crippen LogP contribution is 2.33. The van der Waals surface area contributed by atoms with E-state index in [0.717, 1.165) is 42.8 Å². The number of rotatable bonds is 9. The highest BCUT2D eigenvalue weighted by molar-refractivity contribution is 6.08. The van der Waals surface area contributed by atoms with Gasteiger partial charge in [0.1, 0.15) is 5.60 Å². The minimum absolute atomic E-state index is 0.0508. The molecule has 6 heteroatoms. The summed E-state index contributed by atoms with van der Waals surface area (Å²) < 4.78 is 5.71. The third kappa shape index (κ3) is 6.53. The lowest BCUT2D eigenvalue weighted by atomic mass is 10.0. The summed E-state index contributed by atoms with van der Waals surface area (Å²) in [5.41, 5.74) is 2.77. The second-order valence-corrected chi connectivity index (χ2v) is 9.56. The Hall–Kier alpha value is -1.95. The Labute approximate surface area is 175 Å². The number of carbonyl (C=O) groups is 1. The van der Waals surface area contributed by atoms with Gasteiger partial charge in [-0.2, -0.15) is 0 Å². The van der Waals surface area contributed by atoms with E-state index in [2.05, 4.69) is 30.0 Å². The summed E-state index contributed by atoms with van der Waals surface area (Å²) in [7, 11) is 4.18. The highest BCUT2D eigenvalue weighted by atomic mass is 16.6. The van der Waals surface area contributed by atoms with Crippen LogP contribution in [0, 0.1) is 0 Å². The van der Waals surface area contributed by atoms with Crippen LogP contribution in [0.1, 0.15) is 70.1 Å². The lowest BCUT2D eigenvalue weighted by Gasteiger charge is -2.29. The maximum absolute atomic E-state index is 12.9. The van der Waals surface area contributed by atoms with Gasteiger partial charge < -0.3 is 14.5 Å². The number of hydrogen-bond acceptors (Lipinski definition) is 5. The zero-order valence-corrected chi connectivity index (χ0v) is 18.6. The average Bonchev–Trinajstić information content (AvgIpc) is 3.41. The van der Waals surface area contributed by atoms with Gasteiger partial charge in [-0.15, -0.1) is 0 Å². The van der Waals surface area contributed by atoms with Crippen LogP contribution in [-0.4, -0.2) is 72.0 Å². The molecule has 0 spiro atoms. The fourth-order valence-corrected chi connectivity index (χ4v) is 3.60.